The predicted molar refractivity (Wildman–Crippen MR) is 113 cm³/mol. The minimum atomic E-state index is -0.0392. The van der Waals surface area contributed by atoms with E-state index >= 15 is 0 Å². The molecule has 3 aromatic rings. The molecule has 2 heterocycles. The van der Waals surface area contributed by atoms with Crippen LogP contribution in [0.2, 0.25) is 0 Å². The molecule has 0 unspecified atom stereocenters. The van der Waals surface area contributed by atoms with Gasteiger partial charge in [-0.25, -0.2) is 0 Å². The van der Waals surface area contributed by atoms with E-state index in [0.29, 0.717) is 6.54 Å². The van der Waals surface area contributed by atoms with Crippen molar-refractivity contribution in [2.24, 2.45) is 0 Å². The normalized spacial score (nSPS) is 17.9. The molecule has 1 amide bonds. The van der Waals surface area contributed by atoms with Gasteiger partial charge in [0, 0.05) is 6.07 Å². The molecule has 1 aliphatic heterocycles. The van der Waals surface area contributed by atoms with Crippen LogP contribution in [-0.4, -0.2) is 29.1 Å². The topological polar surface area (TPSA) is 58.4 Å². The fraction of sp³-hybridized carbons (Fsp3) is 0.333. The number of carbonyl (C=O) groups excluding carboxylic acids is 1. The third-order valence-corrected chi connectivity index (χ3v) is 5.59. The molecule has 2 atom stereocenters. The van der Waals surface area contributed by atoms with Gasteiger partial charge in [-0.05, 0) is 49.9 Å². The van der Waals surface area contributed by atoms with Crippen LogP contribution in [-0.2, 0) is 4.79 Å². The lowest BCUT2D eigenvalue weighted by molar-refractivity contribution is -0.123. The maximum absolute atomic E-state index is 12.7. The smallest absolute Gasteiger partial charge is 0.234 e. The summed E-state index contributed by atoms with van der Waals surface area (Å²) in [5.41, 5.74) is 4.40. The van der Waals surface area contributed by atoms with Gasteiger partial charge in [-0.1, -0.05) is 59.8 Å². The van der Waals surface area contributed by atoms with Gasteiger partial charge >= 0.3 is 0 Å². The third kappa shape index (κ3) is 4.57. The van der Waals surface area contributed by atoms with Crippen molar-refractivity contribution in [3.63, 3.8) is 0 Å². The number of hydrogen-bond donors (Lipinski definition) is 1. The standard InChI is InChI=1S/C24H27N3O2/c1-17-15-22(26-29-17)23-9-6-14-27(23)16-24(28)25-18(2)19-10-12-21(13-11-19)20-7-4-3-5-8-20/h3-5,7-8,10-13,15,18,23H,6,9,14,16H2,1-2H3,(H,25,28)/t18-,23-/m0/s1. The molecule has 0 saturated carbocycles. The summed E-state index contributed by atoms with van der Waals surface area (Å²) in [7, 11) is 0. The maximum Gasteiger partial charge on any atom is 0.234 e. The highest BCUT2D eigenvalue weighted by Crippen LogP contribution is 2.31. The number of benzene rings is 2. The van der Waals surface area contributed by atoms with Crippen LogP contribution in [0.3, 0.4) is 0 Å². The van der Waals surface area contributed by atoms with E-state index in [-0.39, 0.29) is 18.0 Å². The first-order valence-corrected chi connectivity index (χ1v) is 10.2. The lowest BCUT2D eigenvalue weighted by Gasteiger charge is -2.23. The molecular formula is C24H27N3O2. The molecular weight excluding hydrogens is 362 g/mol. The molecule has 5 nitrogen and oxygen atoms in total. The lowest BCUT2D eigenvalue weighted by Crippen LogP contribution is -2.38. The Balaban J connectivity index is 1.35. The summed E-state index contributed by atoms with van der Waals surface area (Å²) < 4.78 is 5.22. The van der Waals surface area contributed by atoms with Crippen LogP contribution in [0.4, 0.5) is 0 Å². The fourth-order valence-corrected chi connectivity index (χ4v) is 4.04. The number of carbonyl (C=O) groups is 1. The zero-order chi connectivity index (χ0) is 20.2. The Morgan fingerprint density at radius 2 is 1.90 bits per heavy atom. The van der Waals surface area contributed by atoms with Crippen LogP contribution >= 0.6 is 0 Å². The van der Waals surface area contributed by atoms with Gasteiger partial charge in [0.15, 0.2) is 0 Å². The number of aryl methyl sites for hydroxylation is 1. The van der Waals surface area contributed by atoms with E-state index < -0.39 is 0 Å². The van der Waals surface area contributed by atoms with E-state index in [2.05, 4.69) is 51.8 Å². The van der Waals surface area contributed by atoms with Crippen molar-refractivity contribution in [1.29, 1.82) is 0 Å². The Labute approximate surface area is 171 Å². The van der Waals surface area contributed by atoms with Crippen LogP contribution in [0.5, 0.6) is 0 Å². The van der Waals surface area contributed by atoms with Gasteiger partial charge in [-0.3, -0.25) is 9.69 Å². The first kappa shape index (κ1) is 19.4. The van der Waals surface area contributed by atoms with Crippen molar-refractivity contribution in [2.45, 2.75) is 38.8 Å². The number of aromatic nitrogens is 1. The van der Waals surface area contributed by atoms with E-state index in [1.807, 2.05) is 38.1 Å². The highest BCUT2D eigenvalue weighted by atomic mass is 16.5. The van der Waals surface area contributed by atoms with Gasteiger partial charge in [0.05, 0.1) is 18.6 Å². The first-order valence-electron chi connectivity index (χ1n) is 10.2. The molecule has 1 N–H and O–H groups in total. The molecule has 5 heteroatoms. The van der Waals surface area contributed by atoms with E-state index in [4.69, 9.17) is 4.52 Å². The molecule has 4 rings (SSSR count). The number of nitrogens with one attached hydrogen (secondary N) is 1. The summed E-state index contributed by atoms with van der Waals surface area (Å²) >= 11 is 0. The Morgan fingerprint density at radius 1 is 1.17 bits per heavy atom. The Hall–Kier alpha value is -2.92. The summed E-state index contributed by atoms with van der Waals surface area (Å²) in [4.78, 5) is 14.8. The van der Waals surface area contributed by atoms with Crippen LogP contribution in [0.25, 0.3) is 11.1 Å². The predicted octanol–water partition coefficient (Wildman–Crippen LogP) is 4.66. The molecule has 0 aliphatic carbocycles. The van der Waals surface area contributed by atoms with Crippen LogP contribution < -0.4 is 5.32 Å². The summed E-state index contributed by atoms with van der Waals surface area (Å²) in [5, 5.41) is 7.28. The fourth-order valence-electron chi connectivity index (χ4n) is 4.04. The van der Waals surface area contributed by atoms with Crippen molar-refractivity contribution < 1.29 is 9.32 Å². The summed E-state index contributed by atoms with van der Waals surface area (Å²) in [6, 6.07) is 20.8. The molecule has 29 heavy (non-hydrogen) atoms. The highest BCUT2D eigenvalue weighted by Gasteiger charge is 2.30. The average molecular weight is 389 g/mol. The Bertz CT molecular complexity index is 950. The second-order valence-electron chi connectivity index (χ2n) is 7.77. The van der Waals surface area contributed by atoms with Crippen LogP contribution in [0.1, 0.15) is 48.9 Å². The van der Waals surface area contributed by atoms with Gasteiger partial charge in [0.2, 0.25) is 5.91 Å². The third-order valence-electron chi connectivity index (χ3n) is 5.59. The molecule has 1 fully saturated rings. The van der Waals surface area contributed by atoms with Gasteiger partial charge < -0.3 is 9.84 Å². The number of likely N-dealkylation sites (tertiary alicyclic amines) is 1. The van der Waals surface area contributed by atoms with Crippen LogP contribution in [0, 0.1) is 6.92 Å². The van der Waals surface area contributed by atoms with E-state index in [9.17, 15) is 4.79 Å². The molecule has 0 spiro atoms. The molecule has 1 aromatic heterocycles. The van der Waals surface area contributed by atoms with E-state index in [0.717, 1.165) is 36.4 Å². The first-order chi connectivity index (χ1) is 14.1. The number of hydrogen-bond acceptors (Lipinski definition) is 4. The van der Waals surface area contributed by atoms with E-state index in [1.54, 1.807) is 0 Å². The average Bonchev–Trinajstić information content (AvgIpc) is 3.37. The van der Waals surface area contributed by atoms with Crippen molar-refractivity contribution >= 4 is 5.91 Å². The quantitative estimate of drug-likeness (QED) is 0.666. The highest BCUT2D eigenvalue weighted by molar-refractivity contribution is 5.78. The van der Waals surface area contributed by atoms with E-state index in [1.165, 1.54) is 11.1 Å². The molecule has 0 radical (unpaired) electrons. The summed E-state index contributed by atoms with van der Waals surface area (Å²) in [6.45, 7) is 5.21. The van der Waals surface area contributed by atoms with Crippen molar-refractivity contribution in [3.8, 4) is 11.1 Å². The monoisotopic (exact) mass is 389 g/mol. The zero-order valence-electron chi connectivity index (χ0n) is 17.0. The molecule has 1 saturated heterocycles. The maximum atomic E-state index is 12.7. The van der Waals surface area contributed by atoms with Crippen molar-refractivity contribution in [1.82, 2.24) is 15.4 Å². The zero-order valence-corrected chi connectivity index (χ0v) is 17.0. The van der Waals surface area contributed by atoms with Gasteiger partial charge in [0.25, 0.3) is 0 Å². The second kappa shape index (κ2) is 8.62. The van der Waals surface area contributed by atoms with Gasteiger partial charge in [-0.2, -0.15) is 0 Å². The number of amides is 1. The van der Waals surface area contributed by atoms with Crippen molar-refractivity contribution in [3.05, 3.63) is 77.7 Å². The minimum absolute atomic E-state index is 0.0387. The van der Waals surface area contributed by atoms with Gasteiger partial charge in [0.1, 0.15) is 11.5 Å². The molecule has 2 aromatic carbocycles. The number of rotatable bonds is 6. The SMILES string of the molecule is Cc1cc([C@@H]2CCCN2CC(=O)N[C@@H](C)c2ccc(-c3ccccc3)cc2)no1. The Morgan fingerprint density at radius 3 is 2.59 bits per heavy atom. The minimum Gasteiger partial charge on any atom is -0.361 e. The lowest BCUT2D eigenvalue weighted by atomic mass is 10.0. The Kier molecular flexibility index (Phi) is 5.76. The van der Waals surface area contributed by atoms with Gasteiger partial charge in [-0.15, -0.1) is 0 Å². The molecule has 0 bridgehead atoms. The van der Waals surface area contributed by atoms with Crippen LogP contribution in [0.15, 0.2) is 65.2 Å². The molecule has 1 aliphatic rings. The van der Waals surface area contributed by atoms with Crippen molar-refractivity contribution in [2.75, 3.05) is 13.1 Å². The second-order valence-corrected chi connectivity index (χ2v) is 7.77. The summed E-state index contributed by atoms with van der Waals surface area (Å²) in [6.07, 6.45) is 2.08. The number of nitrogens with zero attached hydrogens (tertiary/aromatic N) is 2. The largest absolute Gasteiger partial charge is 0.361 e. The summed E-state index contributed by atoms with van der Waals surface area (Å²) in [5.74, 6) is 0.848. The molecule has 150 valence electrons.